The normalized spacial score (nSPS) is 10.5. The van der Waals surface area contributed by atoms with Gasteiger partial charge in [0.2, 0.25) is 0 Å². The molecule has 0 unspecified atom stereocenters. The summed E-state index contributed by atoms with van der Waals surface area (Å²) in [6, 6.07) is 11.3. The Morgan fingerprint density at radius 2 is 1.85 bits per heavy atom. The number of aromatic nitrogens is 2. The molecule has 1 aromatic heterocycles. The van der Waals surface area contributed by atoms with E-state index in [0.29, 0.717) is 22.1 Å². The van der Waals surface area contributed by atoms with Crippen molar-refractivity contribution >= 4 is 23.2 Å². The van der Waals surface area contributed by atoms with Crippen molar-refractivity contribution in [1.82, 2.24) is 9.55 Å². The van der Waals surface area contributed by atoms with E-state index >= 15 is 0 Å². The Labute approximate surface area is 159 Å². The zero-order chi connectivity index (χ0) is 19.6. The Hall–Kier alpha value is -3.32. The molecule has 138 valence electrons. The summed E-state index contributed by atoms with van der Waals surface area (Å²) in [4.78, 5) is 39.8. The summed E-state index contributed by atoms with van der Waals surface area (Å²) in [7, 11) is 1.51. The molecule has 0 aliphatic heterocycles. The molecule has 2 N–H and O–H groups in total. The summed E-state index contributed by atoms with van der Waals surface area (Å²) in [6.45, 7) is 1.84. The minimum Gasteiger partial charge on any atom is -0.497 e. The number of hydrogen-bond acceptors (Lipinski definition) is 4. The van der Waals surface area contributed by atoms with Crippen LogP contribution in [0.25, 0.3) is 5.69 Å². The molecule has 0 fully saturated rings. The predicted molar refractivity (Wildman–Crippen MR) is 103 cm³/mol. The monoisotopic (exact) mass is 385 g/mol. The van der Waals surface area contributed by atoms with Gasteiger partial charge in [0, 0.05) is 16.9 Å². The SMILES string of the molecule is COc1ccc(-n2c(=O)[nH]cc(C(=O)Nc3ccc(C)c(Cl)c3)c2=O)cc1. The molecule has 2 aromatic carbocycles. The number of anilines is 1. The molecule has 7 nitrogen and oxygen atoms in total. The molecule has 0 saturated carbocycles. The number of halogens is 1. The number of aryl methyl sites for hydroxylation is 1. The first-order valence-corrected chi connectivity index (χ1v) is 8.35. The Morgan fingerprint density at radius 3 is 2.48 bits per heavy atom. The van der Waals surface area contributed by atoms with Crippen LogP contribution in [-0.2, 0) is 0 Å². The van der Waals surface area contributed by atoms with Crippen LogP contribution in [0.5, 0.6) is 5.75 Å². The number of hydrogen-bond donors (Lipinski definition) is 2. The lowest BCUT2D eigenvalue weighted by atomic mass is 10.2. The van der Waals surface area contributed by atoms with Gasteiger partial charge in [-0.25, -0.2) is 9.36 Å². The Bertz CT molecular complexity index is 1120. The van der Waals surface area contributed by atoms with Crippen LogP contribution in [0.2, 0.25) is 5.02 Å². The predicted octanol–water partition coefficient (Wildman–Crippen LogP) is 2.75. The Balaban J connectivity index is 1.98. The van der Waals surface area contributed by atoms with E-state index in [0.717, 1.165) is 16.3 Å². The lowest BCUT2D eigenvalue weighted by Gasteiger charge is -2.09. The van der Waals surface area contributed by atoms with Gasteiger partial charge in [-0.1, -0.05) is 17.7 Å². The van der Waals surface area contributed by atoms with Crippen molar-refractivity contribution in [2.75, 3.05) is 12.4 Å². The topological polar surface area (TPSA) is 93.2 Å². The van der Waals surface area contributed by atoms with E-state index in [-0.39, 0.29) is 5.56 Å². The number of rotatable bonds is 4. The molecule has 0 aliphatic carbocycles. The third-order valence-electron chi connectivity index (χ3n) is 3.98. The molecule has 0 bridgehead atoms. The summed E-state index contributed by atoms with van der Waals surface area (Å²) < 4.78 is 5.95. The molecule has 0 spiro atoms. The Kier molecular flexibility index (Phi) is 5.14. The average molecular weight is 386 g/mol. The molecule has 0 radical (unpaired) electrons. The van der Waals surface area contributed by atoms with E-state index in [1.54, 1.807) is 42.5 Å². The first kappa shape index (κ1) is 18.5. The van der Waals surface area contributed by atoms with Gasteiger partial charge in [-0.3, -0.25) is 9.59 Å². The number of nitrogens with zero attached hydrogens (tertiary/aromatic N) is 1. The van der Waals surface area contributed by atoms with Crippen LogP contribution in [0.4, 0.5) is 5.69 Å². The van der Waals surface area contributed by atoms with Crippen molar-refractivity contribution in [3.63, 3.8) is 0 Å². The van der Waals surface area contributed by atoms with Gasteiger partial charge in [0.05, 0.1) is 12.8 Å². The lowest BCUT2D eigenvalue weighted by Crippen LogP contribution is -2.38. The second-order valence-corrected chi connectivity index (χ2v) is 6.17. The van der Waals surface area contributed by atoms with Gasteiger partial charge in [0.15, 0.2) is 0 Å². The third kappa shape index (κ3) is 3.78. The number of methoxy groups -OCH3 is 1. The third-order valence-corrected chi connectivity index (χ3v) is 4.39. The van der Waals surface area contributed by atoms with Crippen LogP contribution in [0.15, 0.2) is 58.3 Å². The van der Waals surface area contributed by atoms with Gasteiger partial charge in [0.25, 0.3) is 11.5 Å². The lowest BCUT2D eigenvalue weighted by molar-refractivity contribution is 0.102. The highest BCUT2D eigenvalue weighted by Gasteiger charge is 2.16. The van der Waals surface area contributed by atoms with Crippen molar-refractivity contribution in [2.45, 2.75) is 6.92 Å². The number of amides is 1. The maximum atomic E-state index is 12.7. The number of carbonyl (C=O) groups excluding carboxylic acids is 1. The highest BCUT2D eigenvalue weighted by Crippen LogP contribution is 2.20. The van der Waals surface area contributed by atoms with Crippen molar-refractivity contribution < 1.29 is 9.53 Å². The van der Waals surface area contributed by atoms with Gasteiger partial charge in [-0.05, 0) is 48.9 Å². The first-order chi connectivity index (χ1) is 12.9. The summed E-state index contributed by atoms with van der Waals surface area (Å²) >= 11 is 6.05. The molecule has 3 rings (SSSR count). The minimum absolute atomic E-state index is 0.206. The van der Waals surface area contributed by atoms with Crippen molar-refractivity contribution in [2.24, 2.45) is 0 Å². The van der Waals surface area contributed by atoms with Crippen LogP contribution >= 0.6 is 11.6 Å². The van der Waals surface area contributed by atoms with Gasteiger partial charge in [-0.15, -0.1) is 0 Å². The molecular formula is C19H16ClN3O4. The molecule has 0 atom stereocenters. The van der Waals surface area contributed by atoms with Crippen molar-refractivity contribution in [3.8, 4) is 11.4 Å². The van der Waals surface area contributed by atoms with Crippen molar-refractivity contribution in [3.05, 3.63) is 85.6 Å². The number of ether oxygens (including phenoxy) is 1. The number of carbonyl (C=O) groups is 1. The van der Waals surface area contributed by atoms with Gasteiger partial charge in [0.1, 0.15) is 11.3 Å². The second-order valence-electron chi connectivity index (χ2n) is 5.76. The van der Waals surface area contributed by atoms with Crippen LogP contribution in [0, 0.1) is 6.92 Å². The molecule has 0 saturated heterocycles. The van der Waals surface area contributed by atoms with Gasteiger partial charge in [-0.2, -0.15) is 0 Å². The smallest absolute Gasteiger partial charge is 0.333 e. The van der Waals surface area contributed by atoms with E-state index in [2.05, 4.69) is 10.3 Å². The fraction of sp³-hybridized carbons (Fsp3) is 0.105. The highest BCUT2D eigenvalue weighted by atomic mass is 35.5. The fourth-order valence-corrected chi connectivity index (χ4v) is 2.65. The summed E-state index contributed by atoms with van der Waals surface area (Å²) in [5.41, 5.74) is 0.0229. The highest BCUT2D eigenvalue weighted by molar-refractivity contribution is 6.31. The standard InChI is InChI=1S/C19H16ClN3O4/c1-11-3-4-12(9-16(11)20)22-17(24)15-10-21-19(26)23(18(15)25)13-5-7-14(27-2)8-6-13/h3-10H,1-2H3,(H,21,26)(H,22,24). The van der Waals surface area contributed by atoms with E-state index in [1.165, 1.54) is 7.11 Å². The molecule has 8 heteroatoms. The zero-order valence-electron chi connectivity index (χ0n) is 14.6. The molecular weight excluding hydrogens is 370 g/mol. The van der Waals surface area contributed by atoms with Crippen LogP contribution in [0.1, 0.15) is 15.9 Å². The maximum absolute atomic E-state index is 12.7. The summed E-state index contributed by atoms with van der Waals surface area (Å²) in [5, 5.41) is 3.10. The van der Waals surface area contributed by atoms with E-state index < -0.39 is 17.2 Å². The molecule has 27 heavy (non-hydrogen) atoms. The van der Waals surface area contributed by atoms with Gasteiger partial charge < -0.3 is 15.0 Å². The zero-order valence-corrected chi connectivity index (χ0v) is 15.3. The number of H-pyrrole nitrogens is 1. The largest absolute Gasteiger partial charge is 0.497 e. The number of nitrogens with one attached hydrogen (secondary N) is 2. The quantitative estimate of drug-likeness (QED) is 0.722. The fourth-order valence-electron chi connectivity index (χ4n) is 2.47. The summed E-state index contributed by atoms with van der Waals surface area (Å²) in [5.74, 6) is -0.0770. The van der Waals surface area contributed by atoms with Crippen LogP contribution < -0.4 is 21.3 Å². The molecule has 1 heterocycles. The second kappa shape index (κ2) is 7.51. The summed E-state index contributed by atoms with van der Waals surface area (Å²) in [6.07, 6.45) is 1.09. The minimum atomic E-state index is -0.736. The van der Waals surface area contributed by atoms with Crippen LogP contribution in [-0.4, -0.2) is 22.6 Å². The average Bonchev–Trinajstić information content (AvgIpc) is 2.65. The van der Waals surface area contributed by atoms with E-state index in [9.17, 15) is 14.4 Å². The Morgan fingerprint density at radius 1 is 1.15 bits per heavy atom. The maximum Gasteiger partial charge on any atom is 0.333 e. The number of aromatic amines is 1. The van der Waals surface area contributed by atoms with Crippen LogP contribution in [0.3, 0.4) is 0 Å². The molecule has 0 aliphatic rings. The molecule has 1 amide bonds. The first-order valence-electron chi connectivity index (χ1n) is 7.97. The van der Waals surface area contributed by atoms with Gasteiger partial charge >= 0.3 is 5.69 Å². The number of benzene rings is 2. The van der Waals surface area contributed by atoms with E-state index in [4.69, 9.17) is 16.3 Å². The van der Waals surface area contributed by atoms with Crippen molar-refractivity contribution in [1.29, 1.82) is 0 Å². The molecule has 3 aromatic rings. The van der Waals surface area contributed by atoms with E-state index in [1.807, 2.05) is 6.92 Å².